The third-order valence-electron chi connectivity index (χ3n) is 5.34. The van der Waals surface area contributed by atoms with Gasteiger partial charge in [-0.05, 0) is 63.9 Å². The fraction of sp³-hybridized carbons (Fsp3) is 0.375. The van der Waals surface area contributed by atoms with Gasteiger partial charge in [0.25, 0.3) is 0 Å². The van der Waals surface area contributed by atoms with Crippen LogP contribution in [0.25, 0.3) is 10.9 Å². The van der Waals surface area contributed by atoms with E-state index >= 15 is 0 Å². The molecule has 1 aliphatic heterocycles. The van der Waals surface area contributed by atoms with E-state index in [0.29, 0.717) is 43.2 Å². The van der Waals surface area contributed by atoms with E-state index in [1.54, 1.807) is 34.0 Å². The van der Waals surface area contributed by atoms with Gasteiger partial charge in [-0.2, -0.15) is 0 Å². The molecule has 3 heterocycles. The van der Waals surface area contributed by atoms with Gasteiger partial charge in [0.15, 0.2) is 0 Å². The van der Waals surface area contributed by atoms with Gasteiger partial charge in [-0.1, -0.05) is 0 Å². The zero-order valence-corrected chi connectivity index (χ0v) is 19.1. The van der Waals surface area contributed by atoms with Gasteiger partial charge in [0.1, 0.15) is 22.9 Å². The average Bonchev–Trinajstić information content (AvgIpc) is 3.16. The molecule has 4 rings (SSSR count). The van der Waals surface area contributed by atoms with Gasteiger partial charge in [0, 0.05) is 43.0 Å². The van der Waals surface area contributed by atoms with Crippen LogP contribution in [0.15, 0.2) is 48.8 Å². The quantitative estimate of drug-likeness (QED) is 0.612. The van der Waals surface area contributed by atoms with E-state index in [-0.39, 0.29) is 18.2 Å². The maximum atomic E-state index is 12.9. The maximum absolute atomic E-state index is 12.9. The van der Waals surface area contributed by atoms with Crippen molar-refractivity contribution in [1.82, 2.24) is 19.8 Å². The van der Waals surface area contributed by atoms with Crippen LogP contribution < -0.4 is 15.8 Å². The van der Waals surface area contributed by atoms with Gasteiger partial charge >= 0.3 is 12.1 Å². The zero-order chi connectivity index (χ0) is 23.6. The van der Waals surface area contributed by atoms with Crippen LogP contribution in [0, 0.1) is 0 Å². The SMILES string of the molecule is CC(C)(C)OC(=O)N1CCC(NC(=O)n2ccc3cc(Oc4ccnc(N)c4)ccc32)CC1. The second-order valence-electron chi connectivity index (χ2n) is 9.12. The van der Waals surface area contributed by atoms with Gasteiger partial charge in [-0.25, -0.2) is 14.6 Å². The summed E-state index contributed by atoms with van der Waals surface area (Å²) < 4.78 is 12.9. The van der Waals surface area contributed by atoms with Crippen molar-refractivity contribution in [2.24, 2.45) is 0 Å². The molecule has 2 amide bonds. The monoisotopic (exact) mass is 451 g/mol. The summed E-state index contributed by atoms with van der Waals surface area (Å²) in [5.41, 5.74) is 5.96. The van der Waals surface area contributed by atoms with Crippen LogP contribution in [0.3, 0.4) is 0 Å². The lowest BCUT2D eigenvalue weighted by Gasteiger charge is -2.33. The van der Waals surface area contributed by atoms with Gasteiger partial charge in [-0.15, -0.1) is 0 Å². The molecule has 1 aliphatic rings. The van der Waals surface area contributed by atoms with Crippen molar-refractivity contribution in [3.05, 3.63) is 48.8 Å². The van der Waals surface area contributed by atoms with Crippen LogP contribution in [-0.4, -0.2) is 51.3 Å². The number of rotatable bonds is 3. The van der Waals surface area contributed by atoms with Crippen molar-refractivity contribution in [2.45, 2.75) is 45.3 Å². The number of nitrogens with zero attached hydrogens (tertiary/aromatic N) is 3. The van der Waals surface area contributed by atoms with Gasteiger partial charge in [0.05, 0.1) is 5.52 Å². The van der Waals surface area contributed by atoms with Crippen molar-refractivity contribution >= 4 is 28.8 Å². The first kappa shape index (κ1) is 22.4. The molecule has 3 N–H and O–H groups in total. The number of anilines is 1. The highest BCUT2D eigenvalue weighted by Crippen LogP contribution is 2.27. The maximum Gasteiger partial charge on any atom is 0.410 e. The lowest BCUT2D eigenvalue weighted by Crippen LogP contribution is -2.48. The molecule has 0 bridgehead atoms. The Balaban J connectivity index is 1.36. The molecule has 2 aromatic heterocycles. The lowest BCUT2D eigenvalue weighted by atomic mass is 10.1. The number of fused-ring (bicyclic) bond motifs is 1. The Morgan fingerprint density at radius 2 is 1.82 bits per heavy atom. The second kappa shape index (κ2) is 9.01. The molecule has 33 heavy (non-hydrogen) atoms. The fourth-order valence-corrected chi connectivity index (χ4v) is 3.77. The van der Waals surface area contributed by atoms with E-state index in [4.69, 9.17) is 15.2 Å². The lowest BCUT2D eigenvalue weighted by molar-refractivity contribution is 0.0201. The van der Waals surface area contributed by atoms with E-state index in [0.717, 1.165) is 10.9 Å². The summed E-state index contributed by atoms with van der Waals surface area (Å²) in [5, 5.41) is 3.95. The molecule has 1 aromatic carbocycles. The van der Waals surface area contributed by atoms with E-state index in [1.807, 2.05) is 45.0 Å². The first-order valence-electron chi connectivity index (χ1n) is 11.0. The average molecular weight is 452 g/mol. The first-order valence-corrected chi connectivity index (χ1v) is 11.0. The van der Waals surface area contributed by atoms with Gasteiger partial charge < -0.3 is 25.4 Å². The Hall–Kier alpha value is -3.75. The summed E-state index contributed by atoms with van der Waals surface area (Å²) in [6.45, 7) is 6.65. The highest BCUT2D eigenvalue weighted by Gasteiger charge is 2.27. The molecule has 0 aliphatic carbocycles. The topological polar surface area (TPSA) is 112 Å². The van der Waals surface area contributed by atoms with Crippen molar-refractivity contribution in [1.29, 1.82) is 0 Å². The number of likely N-dealkylation sites (tertiary alicyclic amines) is 1. The standard InChI is InChI=1S/C24H29N5O4/c1-24(2,3)33-23(31)28-11-8-17(9-12-28)27-22(30)29-13-7-16-14-18(4-5-20(16)29)32-19-6-10-26-21(25)15-19/h4-7,10,13-15,17H,8-9,11-12H2,1-3H3,(H2,25,26)(H,27,30). The molecule has 174 valence electrons. The minimum absolute atomic E-state index is 0.00612. The number of hydrogen-bond acceptors (Lipinski definition) is 6. The van der Waals surface area contributed by atoms with Crippen molar-refractivity contribution < 1.29 is 19.1 Å². The number of ether oxygens (including phenoxy) is 2. The van der Waals surface area contributed by atoms with Crippen LogP contribution in [-0.2, 0) is 4.74 Å². The number of nitrogens with two attached hydrogens (primary N) is 1. The number of pyridine rings is 1. The van der Waals surface area contributed by atoms with Gasteiger partial charge in [-0.3, -0.25) is 4.57 Å². The molecule has 1 saturated heterocycles. The molecule has 0 unspecified atom stereocenters. The van der Waals surface area contributed by atoms with Crippen molar-refractivity contribution in [2.75, 3.05) is 18.8 Å². The number of hydrogen-bond donors (Lipinski definition) is 2. The molecule has 0 saturated carbocycles. The van der Waals surface area contributed by atoms with Crippen LogP contribution in [0.4, 0.5) is 15.4 Å². The molecular weight excluding hydrogens is 422 g/mol. The number of carbonyl (C=O) groups excluding carboxylic acids is 2. The predicted octanol–water partition coefficient (Wildman–Crippen LogP) is 4.37. The molecule has 3 aromatic rings. The van der Waals surface area contributed by atoms with E-state index in [1.165, 1.54) is 0 Å². The Bertz CT molecular complexity index is 1160. The molecule has 0 spiro atoms. The molecule has 0 radical (unpaired) electrons. The second-order valence-corrected chi connectivity index (χ2v) is 9.12. The van der Waals surface area contributed by atoms with Crippen LogP contribution in [0.1, 0.15) is 33.6 Å². The summed E-state index contributed by atoms with van der Waals surface area (Å²) in [4.78, 5) is 30.8. The number of nitrogens with one attached hydrogen (secondary N) is 1. The number of aromatic nitrogens is 2. The largest absolute Gasteiger partial charge is 0.457 e. The Kier molecular flexibility index (Phi) is 6.13. The summed E-state index contributed by atoms with van der Waals surface area (Å²) in [5.74, 6) is 1.62. The third kappa shape index (κ3) is 5.54. The number of piperidine rings is 1. The van der Waals surface area contributed by atoms with E-state index in [9.17, 15) is 9.59 Å². The predicted molar refractivity (Wildman–Crippen MR) is 125 cm³/mol. The highest BCUT2D eigenvalue weighted by atomic mass is 16.6. The first-order chi connectivity index (χ1) is 15.7. The summed E-state index contributed by atoms with van der Waals surface area (Å²) in [6, 6.07) is 10.6. The minimum atomic E-state index is -0.520. The highest BCUT2D eigenvalue weighted by molar-refractivity contribution is 5.92. The Morgan fingerprint density at radius 1 is 1.09 bits per heavy atom. The summed E-state index contributed by atoms with van der Waals surface area (Å²) >= 11 is 0. The number of amides is 2. The van der Waals surface area contributed by atoms with E-state index in [2.05, 4.69) is 10.3 Å². The normalized spacial score (nSPS) is 14.8. The summed E-state index contributed by atoms with van der Waals surface area (Å²) in [7, 11) is 0. The van der Waals surface area contributed by atoms with Crippen LogP contribution >= 0.6 is 0 Å². The van der Waals surface area contributed by atoms with Crippen LogP contribution in [0.5, 0.6) is 11.5 Å². The summed E-state index contributed by atoms with van der Waals surface area (Å²) in [6.07, 6.45) is 4.37. The fourth-order valence-electron chi connectivity index (χ4n) is 3.77. The molecule has 1 fully saturated rings. The number of carbonyl (C=O) groups is 2. The van der Waals surface area contributed by atoms with Gasteiger partial charge in [0.2, 0.25) is 0 Å². The number of nitrogen functional groups attached to an aromatic ring is 1. The van der Waals surface area contributed by atoms with E-state index < -0.39 is 5.60 Å². The van der Waals surface area contributed by atoms with Crippen LogP contribution in [0.2, 0.25) is 0 Å². The van der Waals surface area contributed by atoms with Crippen molar-refractivity contribution in [3.8, 4) is 11.5 Å². The van der Waals surface area contributed by atoms with Crippen molar-refractivity contribution in [3.63, 3.8) is 0 Å². The Labute approximate surface area is 192 Å². The Morgan fingerprint density at radius 3 is 2.52 bits per heavy atom. The smallest absolute Gasteiger partial charge is 0.410 e. The molecular formula is C24H29N5O4. The number of benzene rings is 1. The zero-order valence-electron chi connectivity index (χ0n) is 19.1. The minimum Gasteiger partial charge on any atom is -0.457 e. The molecule has 9 heteroatoms. The third-order valence-corrected chi connectivity index (χ3v) is 5.34. The molecule has 9 nitrogen and oxygen atoms in total. The molecule has 0 atom stereocenters.